The Morgan fingerprint density at radius 3 is 2.48 bits per heavy atom. The van der Waals surface area contributed by atoms with Crippen LogP contribution in [0.1, 0.15) is 10.4 Å². The molecule has 0 spiro atoms. The Balaban J connectivity index is 2.28. The number of aromatic nitrogens is 1. The Labute approximate surface area is 139 Å². The monoisotopic (exact) mass is 346 g/mol. The lowest BCUT2D eigenvalue weighted by atomic mass is 10.1. The molecule has 1 N–H and O–H groups in total. The highest BCUT2D eigenvalue weighted by atomic mass is 35.5. The van der Waals surface area contributed by atoms with E-state index in [9.17, 15) is 13.6 Å². The van der Waals surface area contributed by atoms with E-state index in [1.54, 1.807) is 42.6 Å². The van der Waals surface area contributed by atoms with Crippen molar-refractivity contribution in [1.29, 1.82) is 0 Å². The van der Waals surface area contributed by atoms with Crippen LogP contribution in [0.25, 0.3) is 10.9 Å². The van der Waals surface area contributed by atoms with Crippen LogP contribution in [-0.2, 0) is 11.3 Å². The topological polar surface area (TPSA) is 70.5 Å². The van der Waals surface area contributed by atoms with Gasteiger partial charge >= 0.3 is 0 Å². The molecule has 0 amide bonds. The van der Waals surface area contributed by atoms with Crippen LogP contribution in [0.3, 0.4) is 0 Å². The van der Waals surface area contributed by atoms with E-state index in [0.29, 0.717) is 11.2 Å². The van der Waals surface area contributed by atoms with E-state index in [0.717, 1.165) is 9.69 Å². The molecule has 0 radical (unpaired) electrons. The molecule has 116 valence electrons. The second-order valence-corrected chi connectivity index (χ2v) is 5.84. The van der Waals surface area contributed by atoms with Crippen LogP contribution in [0.5, 0.6) is 0 Å². The normalized spacial score (nSPS) is 12.1. The number of anilines is 2. The van der Waals surface area contributed by atoms with Crippen molar-refractivity contribution >= 4 is 50.4 Å². The van der Waals surface area contributed by atoms with E-state index < -0.39 is 16.5 Å². The summed E-state index contributed by atoms with van der Waals surface area (Å²) in [7, 11) is 0. The van der Waals surface area contributed by atoms with Crippen molar-refractivity contribution in [3.63, 3.8) is 0 Å². The molecule has 0 fully saturated rings. The molecule has 7 heteroatoms. The van der Waals surface area contributed by atoms with Crippen molar-refractivity contribution in [3.8, 4) is 0 Å². The zero-order valence-corrected chi connectivity index (χ0v) is 13.3. The van der Waals surface area contributed by atoms with Crippen LogP contribution in [0.15, 0.2) is 60.8 Å². The molecule has 0 bridgehead atoms. The Bertz CT molecular complexity index is 911. The third-order valence-electron chi connectivity index (χ3n) is 3.32. The van der Waals surface area contributed by atoms with Crippen LogP contribution in [0.4, 0.5) is 11.4 Å². The molecule has 5 nitrogen and oxygen atoms in total. The lowest BCUT2D eigenvalue weighted by molar-refractivity contribution is 0.108. The van der Waals surface area contributed by atoms with Crippen molar-refractivity contribution in [3.05, 3.63) is 66.4 Å². The predicted octanol–water partition coefficient (Wildman–Crippen LogP) is 3.89. The average molecular weight is 347 g/mol. The lowest BCUT2D eigenvalue weighted by Crippen LogP contribution is -2.21. The number of hydrogen-bond acceptors (Lipinski definition) is 3. The number of halogens is 1. The van der Waals surface area contributed by atoms with Gasteiger partial charge in [-0.2, -0.15) is 0 Å². The quantitative estimate of drug-likeness (QED) is 0.574. The van der Waals surface area contributed by atoms with Crippen LogP contribution in [0.2, 0.25) is 0 Å². The van der Waals surface area contributed by atoms with Crippen molar-refractivity contribution in [2.75, 3.05) is 4.31 Å². The molecular formula is C16H11ClN2O3S. The van der Waals surface area contributed by atoms with Gasteiger partial charge < -0.3 is 0 Å². The molecule has 1 aromatic heterocycles. The van der Waals surface area contributed by atoms with Crippen LogP contribution >= 0.6 is 11.6 Å². The largest absolute Gasteiger partial charge is 0.289 e. The summed E-state index contributed by atoms with van der Waals surface area (Å²) >= 11 is 3.20. The molecule has 23 heavy (non-hydrogen) atoms. The summed E-state index contributed by atoms with van der Waals surface area (Å²) in [5.41, 5.74) is 1.35. The number of para-hydroxylation sites is 2. The van der Waals surface area contributed by atoms with E-state index in [1.807, 2.05) is 12.1 Å². The van der Waals surface area contributed by atoms with E-state index in [4.69, 9.17) is 11.6 Å². The third kappa shape index (κ3) is 2.96. The summed E-state index contributed by atoms with van der Waals surface area (Å²) < 4.78 is 22.9. The zero-order chi connectivity index (χ0) is 16.4. The van der Waals surface area contributed by atoms with Gasteiger partial charge in [0.15, 0.2) is 0 Å². The highest BCUT2D eigenvalue weighted by Gasteiger charge is 2.22. The van der Waals surface area contributed by atoms with E-state index in [-0.39, 0.29) is 11.3 Å². The minimum absolute atomic E-state index is 0.143. The first-order valence-electron chi connectivity index (χ1n) is 6.63. The Morgan fingerprint density at radius 1 is 1.04 bits per heavy atom. The zero-order valence-electron chi connectivity index (χ0n) is 11.7. The average Bonchev–Trinajstić information content (AvgIpc) is 2.55. The molecule has 1 unspecified atom stereocenters. The third-order valence-corrected chi connectivity index (χ3v) is 4.23. The fourth-order valence-electron chi connectivity index (χ4n) is 2.37. The minimum atomic E-state index is -2.41. The van der Waals surface area contributed by atoms with Crippen molar-refractivity contribution < 1.29 is 13.6 Å². The molecule has 0 aliphatic heterocycles. The molecule has 1 atom stereocenters. The van der Waals surface area contributed by atoms with Crippen LogP contribution in [-0.4, -0.2) is 19.0 Å². The van der Waals surface area contributed by atoms with Gasteiger partial charge in [0, 0.05) is 11.6 Å². The van der Waals surface area contributed by atoms with E-state index in [1.165, 1.54) is 6.07 Å². The second kappa shape index (κ2) is 6.45. The maximum absolute atomic E-state index is 12.0. The number of benzene rings is 2. The van der Waals surface area contributed by atoms with Gasteiger partial charge in [-0.05, 0) is 35.9 Å². The molecule has 0 saturated heterocycles. The number of fused-ring (bicyclic) bond motifs is 1. The fraction of sp³-hybridized carbons (Fsp3) is 0. The molecular weight excluding hydrogens is 336 g/mol. The second-order valence-electron chi connectivity index (χ2n) is 4.67. The summed E-state index contributed by atoms with van der Waals surface area (Å²) in [5.74, 6) is 0. The summed E-state index contributed by atoms with van der Waals surface area (Å²) in [6, 6.07) is 15.3. The molecule has 3 rings (SSSR count). The van der Waals surface area contributed by atoms with E-state index in [2.05, 4.69) is 4.98 Å². The first kappa shape index (κ1) is 15.6. The standard InChI is InChI=1S/C16H11ClN2O3S/c17-16(20)12-7-1-2-8-13(12)19(23(21)22)14-9-3-5-11-6-4-10-18-15(11)14/h1-10H,(H,21,22). The van der Waals surface area contributed by atoms with Crippen molar-refractivity contribution in [1.82, 2.24) is 4.98 Å². The van der Waals surface area contributed by atoms with Gasteiger partial charge in [-0.15, -0.1) is 0 Å². The molecule has 2 aromatic carbocycles. The lowest BCUT2D eigenvalue weighted by Gasteiger charge is -2.22. The number of nitrogens with zero attached hydrogens (tertiary/aromatic N) is 2. The maximum Gasteiger partial charge on any atom is 0.266 e. The fourth-order valence-corrected chi connectivity index (χ4v) is 3.17. The SMILES string of the molecule is O=C(Cl)c1ccccc1N(c1cccc2cccnc12)S(=O)O. The number of pyridine rings is 1. The summed E-state index contributed by atoms with van der Waals surface area (Å²) in [6.45, 7) is 0. The first-order valence-corrected chi connectivity index (χ1v) is 8.07. The van der Waals surface area contributed by atoms with Crippen LogP contribution < -0.4 is 4.31 Å². The number of rotatable bonds is 4. The van der Waals surface area contributed by atoms with Gasteiger partial charge in [-0.3, -0.25) is 14.3 Å². The molecule has 0 saturated carbocycles. The van der Waals surface area contributed by atoms with Gasteiger partial charge in [0.05, 0.1) is 22.5 Å². The van der Waals surface area contributed by atoms with Crippen molar-refractivity contribution in [2.24, 2.45) is 0 Å². The Morgan fingerprint density at radius 2 is 1.74 bits per heavy atom. The highest BCUT2D eigenvalue weighted by Crippen LogP contribution is 2.34. The Hall–Kier alpha value is -2.28. The summed E-state index contributed by atoms with van der Waals surface area (Å²) in [5, 5.41) is 0.111. The van der Waals surface area contributed by atoms with Gasteiger partial charge in [0.25, 0.3) is 16.5 Å². The van der Waals surface area contributed by atoms with Gasteiger partial charge in [0.2, 0.25) is 0 Å². The Kier molecular flexibility index (Phi) is 4.38. The molecule has 0 aliphatic carbocycles. The smallest absolute Gasteiger partial charge is 0.266 e. The molecule has 3 aromatic rings. The first-order chi connectivity index (χ1) is 11.1. The summed E-state index contributed by atoms with van der Waals surface area (Å²) in [6.07, 6.45) is 1.60. The number of hydrogen-bond donors (Lipinski definition) is 1. The van der Waals surface area contributed by atoms with Gasteiger partial charge in [-0.25, -0.2) is 8.51 Å². The predicted molar refractivity (Wildman–Crippen MR) is 91.3 cm³/mol. The summed E-state index contributed by atoms with van der Waals surface area (Å²) in [4.78, 5) is 15.9. The molecule has 1 heterocycles. The maximum atomic E-state index is 12.0. The van der Waals surface area contributed by atoms with Gasteiger partial charge in [0.1, 0.15) is 0 Å². The van der Waals surface area contributed by atoms with Crippen LogP contribution in [0, 0.1) is 0 Å². The van der Waals surface area contributed by atoms with Gasteiger partial charge in [-0.1, -0.05) is 30.3 Å². The minimum Gasteiger partial charge on any atom is -0.289 e. The number of carbonyl (C=O) groups is 1. The van der Waals surface area contributed by atoms with Crippen molar-refractivity contribution in [2.45, 2.75) is 0 Å². The highest BCUT2D eigenvalue weighted by molar-refractivity contribution is 7.81. The molecule has 0 aliphatic rings. The number of carbonyl (C=O) groups excluding carboxylic acids is 1. The van der Waals surface area contributed by atoms with E-state index >= 15 is 0 Å².